The van der Waals surface area contributed by atoms with E-state index in [1.165, 1.54) is 38.6 Å². The fraction of sp³-hybridized carbons (Fsp3) is 1.00. The van der Waals surface area contributed by atoms with Gasteiger partial charge in [0.25, 0.3) is 0 Å². The highest BCUT2D eigenvalue weighted by atomic mass is 16.5. The molecule has 1 N–H and O–H groups in total. The molecule has 0 saturated heterocycles. The van der Waals surface area contributed by atoms with E-state index in [1.54, 1.807) is 0 Å². The van der Waals surface area contributed by atoms with Crippen LogP contribution >= 0.6 is 0 Å². The zero-order valence-electron chi connectivity index (χ0n) is 12.9. The van der Waals surface area contributed by atoms with Crippen LogP contribution in [0.3, 0.4) is 0 Å². The molecule has 108 valence electrons. The van der Waals surface area contributed by atoms with Gasteiger partial charge in [0.15, 0.2) is 0 Å². The van der Waals surface area contributed by atoms with E-state index in [4.69, 9.17) is 4.74 Å². The van der Waals surface area contributed by atoms with Gasteiger partial charge in [0, 0.05) is 19.3 Å². The van der Waals surface area contributed by atoms with E-state index in [2.05, 4.69) is 33.0 Å². The largest absolute Gasteiger partial charge is 0.381 e. The molecule has 0 spiro atoms. The van der Waals surface area contributed by atoms with Crippen molar-refractivity contribution < 1.29 is 4.74 Å². The molecule has 0 aromatic heterocycles. The molecule has 18 heavy (non-hydrogen) atoms. The monoisotopic (exact) mass is 255 g/mol. The molecule has 0 aliphatic heterocycles. The Balaban J connectivity index is 2.27. The van der Waals surface area contributed by atoms with Crippen molar-refractivity contribution in [2.75, 3.05) is 19.8 Å². The molecule has 1 aliphatic carbocycles. The third-order valence-electron chi connectivity index (χ3n) is 3.99. The van der Waals surface area contributed by atoms with E-state index in [-0.39, 0.29) is 0 Å². The molecule has 0 aromatic rings. The van der Waals surface area contributed by atoms with E-state index in [0.717, 1.165) is 31.1 Å². The second kappa shape index (κ2) is 8.92. The highest BCUT2D eigenvalue weighted by molar-refractivity contribution is 4.83. The summed E-state index contributed by atoms with van der Waals surface area (Å²) in [6, 6.07) is 0.740. The van der Waals surface area contributed by atoms with E-state index in [9.17, 15) is 0 Å². The molecule has 0 aromatic carbocycles. The normalized spacial score (nSPS) is 28.8. The fourth-order valence-corrected chi connectivity index (χ4v) is 2.97. The maximum Gasteiger partial charge on any atom is 0.0488 e. The third kappa shape index (κ3) is 6.19. The van der Waals surface area contributed by atoms with Crippen LogP contribution in [-0.2, 0) is 4.74 Å². The molecule has 0 heterocycles. The van der Waals surface area contributed by atoms with Gasteiger partial charge >= 0.3 is 0 Å². The molecule has 2 heteroatoms. The smallest absolute Gasteiger partial charge is 0.0488 e. The van der Waals surface area contributed by atoms with Crippen molar-refractivity contribution in [3.63, 3.8) is 0 Å². The van der Waals surface area contributed by atoms with Gasteiger partial charge in [-0.15, -0.1) is 0 Å². The minimum atomic E-state index is 0.657. The van der Waals surface area contributed by atoms with Crippen LogP contribution < -0.4 is 5.32 Å². The van der Waals surface area contributed by atoms with Gasteiger partial charge in [0.05, 0.1) is 0 Å². The van der Waals surface area contributed by atoms with Crippen molar-refractivity contribution in [1.29, 1.82) is 0 Å². The molecular formula is C16H33NO. The predicted molar refractivity (Wildman–Crippen MR) is 78.9 cm³/mol. The lowest BCUT2D eigenvalue weighted by molar-refractivity contribution is 0.0814. The SMILES string of the molecule is CCCNC1CCC(C)CC1CCOCC(C)C. The van der Waals surface area contributed by atoms with Crippen molar-refractivity contribution in [3.8, 4) is 0 Å². The first-order chi connectivity index (χ1) is 8.63. The van der Waals surface area contributed by atoms with Crippen LogP contribution in [0.1, 0.15) is 59.8 Å². The molecule has 0 radical (unpaired) electrons. The molecule has 2 nitrogen and oxygen atoms in total. The second-order valence-electron chi connectivity index (χ2n) is 6.50. The molecule has 1 rings (SSSR count). The zero-order chi connectivity index (χ0) is 13.4. The Kier molecular flexibility index (Phi) is 7.92. The van der Waals surface area contributed by atoms with Gasteiger partial charge in [-0.05, 0) is 56.4 Å². The van der Waals surface area contributed by atoms with Crippen molar-refractivity contribution in [2.24, 2.45) is 17.8 Å². The molecule has 1 aliphatic rings. The fourth-order valence-electron chi connectivity index (χ4n) is 2.97. The van der Waals surface area contributed by atoms with Gasteiger partial charge in [-0.3, -0.25) is 0 Å². The predicted octanol–water partition coefficient (Wildman–Crippen LogP) is 3.85. The van der Waals surface area contributed by atoms with E-state index < -0.39 is 0 Å². The van der Waals surface area contributed by atoms with Crippen LogP contribution in [0.15, 0.2) is 0 Å². The van der Waals surface area contributed by atoms with Gasteiger partial charge < -0.3 is 10.1 Å². The van der Waals surface area contributed by atoms with Crippen LogP contribution in [0.2, 0.25) is 0 Å². The minimum absolute atomic E-state index is 0.657. The van der Waals surface area contributed by atoms with Gasteiger partial charge in [-0.1, -0.05) is 27.7 Å². The average Bonchev–Trinajstić information content (AvgIpc) is 2.33. The standard InChI is InChI=1S/C16H33NO/c1-5-9-17-16-7-6-14(4)11-15(16)8-10-18-12-13(2)3/h13-17H,5-12H2,1-4H3. The Bertz CT molecular complexity index is 203. The molecule has 3 unspecified atom stereocenters. The molecule has 0 amide bonds. The Hall–Kier alpha value is -0.0800. The summed E-state index contributed by atoms with van der Waals surface area (Å²) < 4.78 is 5.76. The lowest BCUT2D eigenvalue weighted by Crippen LogP contribution is -2.41. The minimum Gasteiger partial charge on any atom is -0.381 e. The second-order valence-corrected chi connectivity index (χ2v) is 6.50. The third-order valence-corrected chi connectivity index (χ3v) is 3.99. The molecule has 1 saturated carbocycles. The first-order valence-corrected chi connectivity index (χ1v) is 7.94. The maximum atomic E-state index is 5.76. The van der Waals surface area contributed by atoms with E-state index >= 15 is 0 Å². The number of hydrogen-bond donors (Lipinski definition) is 1. The lowest BCUT2D eigenvalue weighted by atomic mass is 9.77. The lowest BCUT2D eigenvalue weighted by Gasteiger charge is -2.35. The van der Waals surface area contributed by atoms with Gasteiger partial charge in [-0.2, -0.15) is 0 Å². The highest BCUT2D eigenvalue weighted by Crippen LogP contribution is 2.31. The summed E-state index contributed by atoms with van der Waals surface area (Å²) in [4.78, 5) is 0. The van der Waals surface area contributed by atoms with Gasteiger partial charge in [0.1, 0.15) is 0 Å². The summed E-state index contributed by atoms with van der Waals surface area (Å²) in [5, 5.41) is 3.74. The van der Waals surface area contributed by atoms with Crippen molar-refractivity contribution in [1.82, 2.24) is 5.32 Å². The van der Waals surface area contributed by atoms with Crippen LogP contribution in [0.25, 0.3) is 0 Å². The average molecular weight is 255 g/mol. The molecule has 3 atom stereocenters. The van der Waals surface area contributed by atoms with Crippen molar-refractivity contribution >= 4 is 0 Å². The Morgan fingerprint density at radius 3 is 2.72 bits per heavy atom. The van der Waals surface area contributed by atoms with Gasteiger partial charge in [0.2, 0.25) is 0 Å². The summed E-state index contributed by atoms with van der Waals surface area (Å²) in [5.74, 6) is 2.39. The summed E-state index contributed by atoms with van der Waals surface area (Å²) in [7, 11) is 0. The Morgan fingerprint density at radius 1 is 1.28 bits per heavy atom. The summed E-state index contributed by atoms with van der Waals surface area (Å²) >= 11 is 0. The number of hydrogen-bond acceptors (Lipinski definition) is 2. The summed E-state index contributed by atoms with van der Waals surface area (Å²) in [5.41, 5.74) is 0. The van der Waals surface area contributed by atoms with Crippen LogP contribution in [0, 0.1) is 17.8 Å². The molecular weight excluding hydrogens is 222 g/mol. The van der Waals surface area contributed by atoms with Gasteiger partial charge in [-0.25, -0.2) is 0 Å². The number of rotatable bonds is 8. The quantitative estimate of drug-likeness (QED) is 0.665. The van der Waals surface area contributed by atoms with Crippen molar-refractivity contribution in [3.05, 3.63) is 0 Å². The molecule has 1 fully saturated rings. The zero-order valence-corrected chi connectivity index (χ0v) is 12.9. The highest BCUT2D eigenvalue weighted by Gasteiger charge is 2.27. The topological polar surface area (TPSA) is 21.3 Å². The van der Waals surface area contributed by atoms with E-state index in [1.807, 2.05) is 0 Å². The van der Waals surface area contributed by atoms with Crippen LogP contribution in [0.4, 0.5) is 0 Å². The first kappa shape index (κ1) is 16.0. The number of nitrogens with one attached hydrogen (secondary N) is 1. The van der Waals surface area contributed by atoms with E-state index in [0.29, 0.717) is 5.92 Å². The number of ether oxygens (including phenoxy) is 1. The van der Waals surface area contributed by atoms with Crippen molar-refractivity contribution in [2.45, 2.75) is 65.8 Å². The van der Waals surface area contributed by atoms with Crippen LogP contribution in [0.5, 0.6) is 0 Å². The summed E-state index contributed by atoms with van der Waals surface area (Å²) in [6.07, 6.45) is 6.61. The maximum absolute atomic E-state index is 5.76. The Labute approximate surface area is 114 Å². The summed E-state index contributed by atoms with van der Waals surface area (Å²) in [6.45, 7) is 12.1. The first-order valence-electron chi connectivity index (χ1n) is 7.94. The molecule has 0 bridgehead atoms. The Morgan fingerprint density at radius 2 is 2.06 bits per heavy atom. The van der Waals surface area contributed by atoms with Crippen LogP contribution in [-0.4, -0.2) is 25.8 Å².